The molecule has 0 bridgehead atoms. The van der Waals surface area contributed by atoms with Crippen molar-refractivity contribution in [2.24, 2.45) is 5.92 Å². The fourth-order valence-electron chi connectivity index (χ4n) is 2.29. The van der Waals surface area contributed by atoms with E-state index in [0.717, 1.165) is 0 Å². The maximum atomic E-state index is 13.1. The van der Waals surface area contributed by atoms with Gasteiger partial charge in [-0.3, -0.25) is 4.31 Å². The normalized spacial score (nSPS) is 14.0. The summed E-state index contributed by atoms with van der Waals surface area (Å²) in [6, 6.07) is 11.5. The van der Waals surface area contributed by atoms with Gasteiger partial charge in [-0.25, -0.2) is 0 Å². The number of anilines is 1. The summed E-state index contributed by atoms with van der Waals surface area (Å²) in [5.41, 5.74) is -5.28. The van der Waals surface area contributed by atoms with E-state index in [1.54, 1.807) is 43.3 Å². The first kappa shape index (κ1) is 17.6. The Morgan fingerprint density at radius 1 is 1.09 bits per heavy atom. The monoisotopic (exact) mass is 345 g/mol. The number of fused-ring (bicyclic) bond motifs is 1. The molecule has 0 fully saturated rings. The van der Waals surface area contributed by atoms with Crippen LogP contribution >= 0.6 is 0 Å². The molecule has 0 aliphatic heterocycles. The third-order valence-electron chi connectivity index (χ3n) is 3.79. The predicted octanol–water partition coefficient (Wildman–Crippen LogP) is 4.54. The summed E-state index contributed by atoms with van der Waals surface area (Å²) in [7, 11) is -5.45. The lowest BCUT2D eigenvalue weighted by Crippen LogP contribution is -2.43. The Hall–Kier alpha value is -1.76. The van der Waals surface area contributed by atoms with E-state index in [4.69, 9.17) is 0 Å². The van der Waals surface area contributed by atoms with Crippen molar-refractivity contribution in [2.75, 3.05) is 10.8 Å². The van der Waals surface area contributed by atoms with Gasteiger partial charge in [-0.2, -0.15) is 21.6 Å². The molecule has 1 unspecified atom stereocenters. The average Bonchev–Trinajstić information content (AvgIpc) is 2.50. The van der Waals surface area contributed by atoms with Crippen molar-refractivity contribution >= 4 is 26.5 Å². The van der Waals surface area contributed by atoms with Crippen LogP contribution in [0.25, 0.3) is 10.8 Å². The second-order valence-electron chi connectivity index (χ2n) is 5.49. The molecule has 3 nitrogen and oxygen atoms in total. The second-order valence-corrected chi connectivity index (χ2v) is 7.35. The number of halogens is 3. The highest BCUT2D eigenvalue weighted by Crippen LogP contribution is 2.35. The van der Waals surface area contributed by atoms with E-state index in [1.165, 1.54) is 6.07 Å². The van der Waals surface area contributed by atoms with Crippen LogP contribution < -0.4 is 4.31 Å². The van der Waals surface area contributed by atoms with Crippen LogP contribution in [0.2, 0.25) is 0 Å². The van der Waals surface area contributed by atoms with Crippen molar-refractivity contribution in [1.29, 1.82) is 0 Å². The molecule has 0 amide bonds. The molecule has 0 aliphatic rings. The van der Waals surface area contributed by atoms with Gasteiger partial charge in [0.1, 0.15) is 0 Å². The summed E-state index contributed by atoms with van der Waals surface area (Å²) in [6.07, 6.45) is 0.578. The largest absolute Gasteiger partial charge is 0.516 e. The summed E-state index contributed by atoms with van der Waals surface area (Å²) in [4.78, 5) is 0. The summed E-state index contributed by atoms with van der Waals surface area (Å²) in [5, 5.41) is 1.17. The van der Waals surface area contributed by atoms with E-state index in [0.29, 0.717) is 21.5 Å². The van der Waals surface area contributed by atoms with Gasteiger partial charge in [0.25, 0.3) is 0 Å². The minimum atomic E-state index is -5.45. The lowest BCUT2D eigenvalue weighted by atomic mass is 10.1. The molecule has 2 aromatic carbocycles. The maximum Gasteiger partial charge on any atom is 0.516 e. The number of sulfonamides is 1. The van der Waals surface area contributed by atoms with E-state index in [1.807, 2.05) is 6.92 Å². The Balaban J connectivity index is 2.66. The first-order valence-corrected chi connectivity index (χ1v) is 8.69. The molecule has 2 rings (SSSR count). The zero-order chi connectivity index (χ0) is 17.3. The quantitative estimate of drug-likeness (QED) is 0.798. The van der Waals surface area contributed by atoms with Crippen molar-refractivity contribution in [3.63, 3.8) is 0 Å². The van der Waals surface area contributed by atoms with Gasteiger partial charge in [0.05, 0.1) is 5.69 Å². The van der Waals surface area contributed by atoms with Crippen molar-refractivity contribution < 1.29 is 21.6 Å². The number of benzene rings is 2. The number of hydrogen-bond donors (Lipinski definition) is 0. The maximum absolute atomic E-state index is 13.1. The summed E-state index contributed by atoms with van der Waals surface area (Å²) < 4.78 is 63.9. The minimum Gasteiger partial charge on any atom is -0.262 e. The standard InChI is InChI=1S/C16H18F3NO2S/c1-3-12(2)11-20(23(21,22)16(17,18)19)15-10-6-8-13-7-4-5-9-14(13)15/h4-10,12H,3,11H2,1-2H3. The van der Waals surface area contributed by atoms with Crippen LogP contribution in [-0.4, -0.2) is 20.5 Å². The van der Waals surface area contributed by atoms with E-state index in [9.17, 15) is 21.6 Å². The zero-order valence-corrected chi connectivity index (χ0v) is 13.7. The molecule has 7 heteroatoms. The molecule has 0 heterocycles. The molecule has 1 atom stereocenters. The summed E-state index contributed by atoms with van der Waals surface area (Å²) in [6.45, 7) is 3.32. The van der Waals surface area contributed by atoms with E-state index in [-0.39, 0.29) is 18.2 Å². The molecule has 0 spiro atoms. The van der Waals surface area contributed by atoms with Gasteiger partial charge in [-0.05, 0) is 17.4 Å². The van der Waals surface area contributed by atoms with Gasteiger partial charge in [-0.15, -0.1) is 0 Å². The number of nitrogens with zero attached hydrogens (tertiary/aromatic N) is 1. The van der Waals surface area contributed by atoms with Crippen LogP contribution in [0.5, 0.6) is 0 Å². The topological polar surface area (TPSA) is 37.4 Å². The SMILES string of the molecule is CCC(C)CN(c1cccc2ccccc12)S(=O)(=O)C(F)(F)F. The van der Waals surface area contributed by atoms with E-state index < -0.39 is 15.5 Å². The first-order valence-electron chi connectivity index (χ1n) is 7.25. The molecule has 0 saturated heterocycles. The highest BCUT2D eigenvalue weighted by atomic mass is 32.2. The Labute approximate surface area is 133 Å². The fraction of sp³-hybridized carbons (Fsp3) is 0.375. The molecule has 126 valence electrons. The Morgan fingerprint density at radius 2 is 1.70 bits per heavy atom. The third kappa shape index (κ3) is 3.44. The Kier molecular flexibility index (Phi) is 4.89. The first-order chi connectivity index (χ1) is 10.7. The van der Waals surface area contributed by atoms with Crippen LogP contribution in [0.3, 0.4) is 0 Å². The lowest BCUT2D eigenvalue weighted by molar-refractivity contribution is -0.0438. The van der Waals surface area contributed by atoms with Crippen molar-refractivity contribution in [3.05, 3.63) is 42.5 Å². The molecule has 0 aromatic heterocycles. The van der Waals surface area contributed by atoms with Gasteiger partial charge in [0.2, 0.25) is 0 Å². The molecular formula is C16H18F3NO2S. The van der Waals surface area contributed by atoms with Gasteiger partial charge in [-0.1, -0.05) is 56.7 Å². The number of rotatable bonds is 5. The average molecular weight is 345 g/mol. The molecule has 0 radical (unpaired) electrons. The molecule has 0 N–H and O–H groups in total. The fourth-order valence-corrected chi connectivity index (χ4v) is 3.41. The van der Waals surface area contributed by atoms with Crippen LogP contribution in [0, 0.1) is 5.92 Å². The molecule has 0 aliphatic carbocycles. The lowest BCUT2D eigenvalue weighted by Gasteiger charge is -2.28. The van der Waals surface area contributed by atoms with Crippen LogP contribution in [0.1, 0.15) is 20.3 Å². The van der Waals surface area contributed by atoms with Crippen LogP contribution in [0.15, 0.2) is 42.5 Å². The third-order valence-corrected chi connectivity index (χ3v) is 5.30. The number of hydrogen-bond acceptors (Lipinski definition) is 2. The van der Waals surface area contributed by atoms with Crippen LogP contribution in [-0.2, 0) is 10.0 Å². The molecule has 0 saturated carbocycles. The molecule has 23 heavy (non-hydrogen) atoms. The zero-order valence-electron chi connectivity index (χ0n) is 12.8. The molecular weight excluding hydrogens is 327 g/mol. The predicted molar refractivity (Wildman–Crippen MR) is 85.7 cm³/mol. The summed E-state index contributed by atoms with van der Waals surface area (Å²) in [5.74, 6) is -0.203. The highest BCUT2D eigenvalue weighted by molar-refractivity contribution is 7.93. The number of alkyl halides is 3. The minimum absolute atomic E-state index is 0.0562. The van der Waals surface area contributed by atoms with Gasteiger partial charge < -0.3 is 0 Å². The van der Waals surface area contributed by atoms with Gasteiger partial charge >= 0.3 is 15.5 Å². The van der Waals surface area contributed by atoms with E-state index >= 15 is 0 Å². The molecule has 2 aromatic rings. The van der Waals surface area contributed by atoms with Gasteiger partial charge in [0.15, 0.2) is 0 Å². The summed E-state index contributed by atoms with van der Waals surface area (Å²) >= 11 is 0. The second kappa shape index (κ2) is 6.39. The van der Waals surface area contributed by atoms with Crippen LogP contribution in [0.4, 0.5) is 18.9 Å². The Bertz CT molecular complexity index is 782. The Morgan fingerprint density at radius 3 is 2.30 bits per heavy atom. The van der Waals surface area contributed by atoms with Crippen molar-refractivity contribution in [1.82, 2.24) is 0 Å². The smallest absolute Gasteiger partial charge is 0.262 e. The van der Waals surface area contributed by atoms with Gasteiger partial charge in [0, 0.05) is 11.9 Å². The highest BCUT2D eigenvalue weighted by Gasteiger charge is 2.50. The van der Waals surface area contributed by atoms with Crippen molar-refractivity contribution in [2.45, 2.75) is 25.8 Å². The van der Waals surface area contributed by atoms with E-state index in [2.05, 4.69) is 0 Å². The van der Waals surface area contributed by atoms with Crippen molar-refractivity contribution in [3.8, 4) is 0 Å².